The second kappa shape index (κ2) is 10.8. The summed E-state index contributed by atoms with van der Waals surface area (Å²) in [6.07, 6.45) is 3.03. The second-order valence-corrected chi connectivity index (χ2v) is 9.11. The molecule has 3 aromatic rings. The molecule has 1 aromatic heterocycles. The molecule has 176 valence electrons. The van der Waals surface area contributed by atoms with E-state index in [2.05, 4.69) is 54.9 Å². The van der Waals surface area contributed by atoms with E-state index in [4.69, 9.17) is 14.5 Å². The lowest BCUT2D eigenvalue weighted by Gasteiger charge is -2.16. The number of nitrogens with one attached hydrogen (secondary N) is 1. The highest BCUT2D eigenvalue weighted by Crippen LogP contribution is 2.27. The summed E-state index contributed by atoms with van der Waals surface area (Å²) in [5, 5.41) is 3.01. The molecule has 1 amide bonds. The molecule has 0 bridgehead atoms. The van der Waals surface area contributed by atoms with Crippen LogP contribution >= 0.6 is 0 Å². The Hall–Kier alpha value is -2.86. The Morgan fingerprint density at radius 1 is 1.27 bits per heavy atom. The number of nitrogens with zero attached hydrogens (tertiary/aromatic N) is 2. The monoisotopic (exact) mass is 449 g/mol. The van der Waals surface area contributed by atoms with Crippen molar-refractivity contribution in [3.05, 3.63) is 59.4 Å². The Bertz CT molecular complexity index is 1080. The Morgan fingerprint density at radius 3 is 2.91 bits per heavy atom. The maximum Gasteiger partial charge on any atom is 0.249 e. The van der Waals surface area contributed by atoms with Gasteiger partial charge in [-0.15, -0.1) is 0 Å². The number of hydrogen-bond acceptors (Lipinski definition) is 4. The van der Waals surface area contributed by atoms with Gasteiger partial charge in [-0.2, -0.15) is 0 Å². The van der Waals surface area contributed by atoms with Crippen molar-refractivity contribution in [2.24, 2.45) is 0 Å². The molecule has 0 saturated carbocycles. The molecule has 2 heterocycles. The summed E-state index contributed by atoms with van der Waals surface area (Å²) in [6, 6.07) is 14.6. The van der Waals surface area contributed by atoms with Crippen molar-refractivity contribution in [3.8, 4) is 5.75 Å². The fourth-order valence-electron chi connectivity index (χ4n) is 4.41. The van der Waals surface area contributed by atoms with Crippen LogP contribution in [0.3, 0.4) is 0 Å². The lowest BCUT2D eigenvalue weighted by Crippen LogP contribution is -2.35. The Morgan fingerprint density at radius 2 is 2.12 bits per heavy atom. The van der Waals surface area contributed by atoms with Crippen LogP contribution < -0.4 is 10.1 Å². The number of aryl methyl sites for hydroxylation is 2. The molecule has 33 heavy (non-hydrogen) atoms. The minimum Gasteiger partial charge on any atom is -0.493 e. The minimum atomic E-state index is -0.293. The maximum absolute atomic E-state index is 12.3. The molecule has 1 aliphatic rings. The van der Waals surface area contributed by atoms with E-state index in [1.165, 1.54) is 11.1 Å². The molecule has 1 aliphatic heterocycles. The van der Waals surface area contributed by atoms with Crippen LogP contribution in [0.1, 0.15) is 56.0 Å². The van der Waals surface area contributed by atoms with Crippen LogP contribution in [0, 0.1) is 6.92 Å². The van der Waals surface area contributed by atoms with Gasteiger partial charge in [0, 0.05) is 26.1 Å². The van der Waals surface area contributed by atoms with Gasteiger partial charge < -0.3 is 19.4 Å². The van der Waals surface area contributed by atoms with Gasteiger partial charge in [-0.25, -0.2) is 4.98 Å². The third-order valence-electron chi connectivity index (χ3n) is 6.18. The van der Waals surface area contributed by atoms with Crippen molar-refractivity contribution in [1.29, 1.82) is 0 Å². The van der Waals surface area contributed by atoms with Crippen LogP contribution in [0.5, 0.6) is 5.75 Å². The average molecular weight is 450 g/mol. The summed E-state index contributed by atoms with van der Waals surface area (Å²) >= 11 is 0. The van der Waals surface area contributed by atoms with E-state index in [0.717, 1.165) is 48.4 Å². The number of imidazole rings is 1. The summed E-state index contributed by atoms with van der Waals surface area (Å²) in [6.45, 7) is 9.18. The molecule has 6 heteroatoms. The summed E-state index contributed by atoms with van der Waals surface area (Å²) in [5.74, 6) is 2.39. The smallest absolute Gasteiger partial charge is 0.249 e. The van der Waals surface area contributed by atoms with E-state index in [0.29, 0.717) is 32.1 Å². The van der Waals surface area contributed by atoms with Gasteiger partial charge in [-0.3, -0.25) is 4.79 Å². The molecule has 0 spiro atoms. The number of carbonyl (C=O) groups is 1. The van der Waals surface area contributed by atoms with Crippen molar-refractivity contribution < 1.29 is 14.3 Å². The van der Waals surface area contributed by atoms with Gasteiger partial charge in [0.1, 0.15) is 17.7 Å². The fourth-order valence-corrected chi connectivity index (χ4v) is 4.41. The lowest BCUT2D eigenvalue weighted by molar-refractivity contribution is -0.130. The number of hydrogen-bond donors (Lipinski definition) is 1. The molecule has 1 N–H and O–H groups in total. The second-order valence-electron chi connectivity index (χ2n) is 9.11. The molecular weight excluding hydrogens is 414 g/mol. The molecule has 1 saturated heterocycles. The highest BCUT2D eigenvalue weighted by Gasteiger charge is 2.23. The Labute approximate surface area is 196 Å². The van der Waals surface area contributed by atoms with Crippen molar-refractivity contribution in [1.82, 2.24) is 14.9 Å². The van der Waals surface area contributed by atoms with Crippen molar-refractivity contribution in [2.75, 3.05) is 19.8 Å². The molecule has 1 atom stereocenters. The van der Waals surface area contributed by atoms with Gasteiger partial charge in [0.2, 0.25) is 5.91 Å². The number of benzene rings is 2. The third kappa shape index (κ3) is 5.74. The zero-order chi connectivity index (χ0) is 23.2. The summed E-state index contributed by atoms with van der Waals surface area (Å²) in [5.41, 5.74) is 4.56. The first-order valence-corrected chi connectivity index (χ1v) is 12.1. The van der Waals surface area contributed by atoms with Crippen molar-refractivity contribution >= 4 is 16.9 Å². The highest BCUT2D eigenvalue weighted by atomic mass is 16.5. The third-order valence-corrected chi connectivity index (χ3v) is 6.18. The van der Waals surface area contributed by atoms with Crippen molar-refractivity contribution in [2.45, 2.75) is 65.0 Å². The highest BCUT2D eigenvalue weighted by molar-refractivity contribution is 5.81. The predicted molar refractivity (Wildman–Crippen MR) is 131 cm³/mol. The van der Waals surface area contributed by atoms with E-state index in [9.17, 15) is 4.79 Å². The van der Waals surface area contributed by atoms with Gasteiger partial charge in [0.05, 0.1) is 17.6 Å². The van der Waals surface area contributed by atoms with Gasteiger partial charge in [0.15, 0.2) is 0 Å². The summed E-state index contributed by atoms with van der Waals surface area (Å²) in [7, 11) is 0. The Kier molecular flexibility index (Phi) is 7.65. The average Bonchev–Trinajstić information content (AvgIpc) is 3.45. The number of aromatic nitrogens is 2. The fraction of sp³-hybridized carbons (Fsp3) is 0.481. The molecule has 0 radical (unpaired) electrons. The van der Waals surface area contributed by atoms with Crippen molar-refractivity contribution in [3.63, 3.8) is 0 Å². The first-order valence-electron chi connectivity index (χ1n) is 12.1. The van der Waals surface area contributed by atoms with E-state index >= 15 is 0 Å². The largest absolute Gasteiger partial charge is 0.493 e. The minimum absolute atomic E-state index is 0.0114. The van der Waals surface area contributed by atoms with Gasteiger partial charge in [0.25, 0.3) is 0 Å². The summed E-state index contributed by atoms with van der Waals surface area (Å²) in [4.78, 5) is 17.1. The number of ether oxygens (including phenoxy) is 2. The zero-order valence-electron chi connectivity index (χ0n) is 20.0. The van der Waals surface area contributed by atoms with Crippen LogP contribution in [-0.4, -0.2) is 41.3 Å². The van der Waals surface area contributed by atoms with Gasteiger partial charge in [-0.1, -0.05) is 38.1 Å². The molecule has 4 rings (SSSR count). The number of amides is 1. The SMILES string of the molecule is Cc1ccc(C(C)C)c(OCCCn2c(CCNC(=O)C3CCCO3)nc3ccccc32)c1. The number of fused-ring (bicyclic) bond motifs is 1. The van der Waals surface area contributed by atoms with E-state index in [1.54, 1.807) is 0 Å². The van der Waals surface area contributed by atoms with Crippen LogP contribution in [0.2, 0.25) is 0 Å². The van der Waals surface area contributed by atoms with E-state index in [1.807, 2.05) is 18.2 Å². The van der Waals surface area contributed by atoms with Crippen LogP contribution in [0.4, 0.5) is 0 Å². The topological polar surface area (TPSA) is 65.4 Å². The zero-order valence-corrected chi connectivity index (χ0v) is 20.0. The molecule has 1 unspecified atom stereocenters. The standard InChI is InChI=1S/C27H35N3O3/c1-19(2)21-12-11-20(3)18-25(21)33-17-7-15-30-23-9-5-4-8-22(23)29-26(30)13-14-28-27(31)24-10-6-16-32-24/h4-5,8-9,11-12,18-19,24H,6-7,10,13-17H2,1-3H3,(H,28,31). The molecular formula is C27H35N3O3. The van der Waals surface area contributed by atoms with E-state index in [-0.39, 0.29) is 12.0 Å². The number of para-hydroxylation sites is 2. The lowest BCUT2D eigenvalue weighted by atomic mass is 10.0. The van der Waals surface area contributed by atoms with Gasteiger partial charge >= 0.3 is 0 Å². The molecule has 0 aliphatic carbocycles. The van der Waals surface area contributed by atoms with Crippen LogP contribution in [0.15, 0.2) is 42.5 Å². The van der Waals surface area contributed by atoms with Gasteiger partial charge in [-0.05, 0) is 61.4 Å². The molecule has 6 nitrogen and oxygen atoms in total. The van der Waals surface area contributed by atoms with Crippen LogP contribution in [-0.2, 0) is 22.5 Å². The molecule has 2 aromatic carbocycles. The predicted octanol–water partition coefficient (Wildman–Crippen LogP) is 4.77. The number of carbonyl (C=O) groups excluding carboxylic acids is 1. The van der Waals surface area contributed by atoms with E-state index < -0.39 is 0 Å². The quantitative estimate of drug-likeness (QED) is 0.453. The number of rotatable bonds is 10. The van der Waals surface area contributed by atoms with Crippen LogP contribution in [0.25, 0.3) is 11.0 Å². The summed E-state index contributed by atoms with van der Waals surface area (Å²) < 4.78 is 13.9. The Balaban J connectivity index is 1.38. The maximum atomic E-state index is 12.3. The first kappa shape index (κ1) is 23.3. The normalized spacial score (nSPS) is 15.9. The first-order chi connectivity index (χ1) is 16.0. The molecule has 1 fully saturated rings.